The molecule has 20 heavy (non-hydrogen) atoms. The van der Waals surface area contributed by atoms with E-state index < -0.39 is 6.03 Å². The maximum Gasteiger partial charge on any atom is 0.332 e. The largest absolute Gasteiger partial charge is 0.497 e. The lowest BCUT2D eigenvalue weighted by Gasteiger charge is -2.29. The molecule has 0 heterocycles. The molecule has 5 heteroatoms. The first kappa shape index (κ1) is 14.4. The Labute approximate surface area is 119 Å². The first-order valence-corrected chi connectivity index (χ1v) is 6.83. The van der Waals surface area contributed by atoms with Crippen LogP contribution >= 0.6 is 0 Å². The molecule has 0 saturated heterocycles. The first-order valence-electron chi connectivity index (χ1n) is 6.83. The number of benzene rings is 1. The molecule has 0 fully saturated rings. The second-order valence-electron chi connectivity index (χ2n) is 5.38. The Bertz CT molecular complexity index is 538. The Morgan fingerprint density at radius 1 is 1.50 bits per heavy atom. The molecule has 0 aliphatic heterocycles. The zero-order valence-corrected chi connectivity index (χ0v) is 12.1. The summed E-state index contributed by atoms with van der Waals surface area (Å²) in [7, 11) is 1.64. The molecular formula is C15H21N3O2. The number of hydrogen-bond acceptors (Lipinski definition) is 3. The van der Waals surface area contributed by atoms with Gasteiger partial charge in [-0.1, -0.05) is 19.9 Å². The fourth-order valence-corrected chi connectivity index (χ4v) is 2.75. The topological polar surface area (TPSA) is 76.7 Å². The number of hydrogen-bond donors (Lipinski definition) is 2. The lowest BCUT2D eigenvalue weighted by atomic mass is 9.76. The fourth-order valence-electron chi connectivity index (χ4n) is 2.75. The van der Waals surface area contributed by atoms with E-state index in [4.69, 9.17) is 10.5 Å². The molecule has 1 aromatic carbocycles. The van der Waals surface area contributed by atoms with Crippen LogP contribution in [0, 0.1) is 5.92 Å². The first-order chi connectivity index (χ1) is 9.52. The van der Waals surface area contributed by atoms with Gasteiger partial charge < -0.3 is 10.5 Å². The smallest absolute Gasteiger partial charge is 0.332 e. The highest BCUT2D eigenvalue weighted by Crippen LogP contribution is 2.38. The van der Waals surface area contributed by atoms with Crippen LogP contribution in [0.3, 0.4) is 0 Å². The van der Waals surface area contributed by atoms with Crippen LogP contribution in [0.25, 0.3) is 0 Å². The minimum atomic E-state index is -0.645. The number of fused-ring (bicyclic) bond motifs is 1. The molecule has 1 aliphatic carbocycles. The SMILES string of the molecule is COc1ccc2c(c1)/C(=N/NC(N)=O)CCC2C(C)C. The molecule has 0 aromatic heterocycles. The van der Waals surface area contributed by atoms with Crippen molar-refractivity contribution in [3.05, 3.63) is 29.3 Å². The molecule has 0 radical (unpaired) electrons. The van der Waals surface area contributed by atoms with E-state index in [0.29, 0.717) is 11.8 Å². The molecule has 1 aliphatic rings. The van der Waals surface area contributed by atoms with E-state index in [1.807, 2.05) is 12.1 Å². The quantitative estimate of drug-likeness (QED) is 0.832. The van der Waals surface area contributed by atoms with Gasteiger partial charge in [0.1, 0.15) is 5.75 Å². The van der Waals surface area contributed by atoms with Crippen molar-refractivity contribution in [2.45, 2.75) is 32.6 Å². The third kappa shape index (κ3) is 2.92. The highest BCUT2D eigenvalue weighted by molar-refractivity contribution is 6.03. The lowest BCUT2D eigenvalue weighted by Crippen LogP contribution is -2.28. The van der Waals surface area contributed by atoms with Crippen LogP contribution in [-0.4, -0.2) is 18.9 Å². The Morgan fingerprint density at radius 2 is 2.25 bits per heavy atom. The molecule has 5 nitrogen and oxygen atoms in total. The van der Waals surface area contributed by atoms with Crippen molar-refractivity contribution in [2.75, 3.05) is 7.11 Å². The molecule has 2 amide bonds. The molecule has 3 N–H and O–H groups in total. The van der Waals surface area contributed by atoms with E-state index in [-0.39, 0.29) is 0 Å². The molecule has 1 aromatic rings. The molecule has 1 atom stereocenters. The highest BCUT2D eigenvalue weighted by Gasteiger charge is 2.27. The van der Waals surface area contributed by atoms with Crippen molar-refractivity contribution in [1.29, 1.82) is 0 Å². The van der Waals surface area contributed by atoms with E-state index in [1.165, 1.54) is 5.56 Å². The van der Waals surface area contributed by atoms with Crippen LogP contribution in [0.15, 0.2) is 23.3 Å². The Morgan fingerprint density at radius 3 is 2.85 bits per heavy atom. The summed E-state index contributed by atoms with van der Waals surface area (Å²) in [5.41, 5.74) is 10.6. The number of urea groups is 1. The third-order valence-corrected chi connectivity index (χ3v) is 3.77. The summed E-state index contributed by atoms with van der Waals surface area (Å²) in [6, 6.07) is 5.40. The van der Waals surface area contributed by atoms with E-state index in [0.717, 1.165) is 29.9 Å². The summed E-state index contributed by atoms with van der Waals surface area (Å²) in [6.07, 6.45) is 1.85. The average molecular weight is 275 g/mol. The van der Waals surface area contributed by atoms with Gasteiger partial charge in [-0.3, -0.25) is 0 Å². The standard InChI is InChI=1S/C15H21N3O2/c1-9(2)11-6-7-14(17-18-15(16)19)13-8-10(20-3)4-5-12(11)13/h4-5,8-9,11H,6-7H2,1-3H3,(H3,16,18,19)/b17-14+. The van der Waals surface area contributed by atoms with Crippen LogP contribution < -0.4 is 15.9 Å². The molecule has 0 saturated carbocycles. The maximum atomic E-state index is 10.8. The number of methoxy groups -OCH3 is 1. The van der Waals surface area contributed by atoms with Crippen molar-refractivity contribution in [3.63, 3.8) is 0 Å². The zero-order valence-electron chi connectivity index (χ0n) is 12.1. The monoisotopic (exact) mass is 275 g/mol. The molecule has 2 rings (SSSR count). The van der Waals surface area contributed by atoms with Crippen LogP contribution in [0.5, 0.6) is 5.75 Å². The van der Waals surface area contributed by atoms with Gasteiger partial charge >= 0.3 is 6.03 Å². The van der Waals surface area contributed by atoms with Gasteiger partial charge in [-0.2, -0.15) is 5.10 Å². The second-order valence-corrected chi connectivity index (χ2v) is 5.38. The number of primary amides is 1. The molecular weight excluding hydrogens is 254 g/mol. The van der Waals surface area contributed by atoms with Crippen molar-refractivity contribution < 1.29 is 9.53 Å². The van der Waals surface area contributed by atoms with Gasteiger partial charge in [0.05, 0.1) is 12.8 Å². The van der Waals surface area contributed by atoms with Crippen molar-refractivity contribution >= 4 is 11.7 Å². The second kappa shape index (κ2) is 5.94. The summed E-state index contributed by atoms with van der Waals surface area (Å²) in [4.78, 5) is 10.8. The number of ether oxygens (including phenoxy) is 1. The zero-order chi connectivity index (χ0) is 14.7. The van der Waals surface area contributed by atoms with Gasteiger partial charge in [-0.05, 0) is 42.4 Å². The van der Waals surface area contributed by atoms with Crippen molar-refractivity contribution in [1.82, 2.24) is 5.43 Å². The predicted octanol–water partition coefficient (Wildman–Crippen LogP) is 2.60. The number of carbonyl (C=O) groups excluding carboxylic acids is 1. The number of nitrogens with zero attached hydrogens (tertiary/aromatic N) is 1. The minimum absolute atomic E-state index is 0.503. The summed E-state index contributed by atoms with van der Waals surface area (Å²) >= 11 is 0. The summed E-state index contributed by atoms with van der Waals surface area (Å²) in [5.74, 6) is 1.86. The maximum absolute atomic E-state index is 10.8. The van der Waals surface area contributed by atoms with E-state index in [1.54, 1.807) is 7.11 Å². The van der Waals surface area contributed by atoms with Gasteiger partial charge in [-0.15, -0.1) is 0 Å². The van der Waals surface area contributed by atoms with Gasteiger partial charge in [0, 0.05) is 5.56 Å². The normalized spacial score (nSPS) is 19.8. The van der Waals surface area contributed by atoms with Gasteiger partial charge in [0.15, 0.2) is 0 Å². The molecule has 0 bridgehead atoms. The molecule has 108 valence electrons. The molecule has 1 unspecified atom stereocenters. The number of amides is 2. The lowest BCUT2D eigenvalue weighted by molar-refractivity contribution is 0.249. The highest BCUT2D eigenvalue weighted by atomic mass is 16.5. The fraction of sp³-hybridized carbons (Fsp3) is 0.467. The van der Waals surface area contributed by atoms with Crippen LogP contribution in [-0.2, 0) is 0 Å². The number of carbonyl (C=O) groups is 1. The van der Waals surface area contributed by atoms with Crippen molar-refractivity contribution in [2.24, 2.45) is 16.8 Å². The predicted molar refractivity (Wildman–Crippen MR) is 79.1 cm³/mol. The number of hydrazone groups is 1. The van der Waals surface area contributed by atoms with Crippen LogP contribution in [0.1, 0.15) is 43.7 Å². The Hall–Kier alpha value is -2.04. The number of nitrogens with one attached hydrogen (secondary N) is 1. The van der Waals surface area contributed by atoms with E-state index in [2.05, 4.69) is 30.4 Å². The average Bonchev–Trinajstić information content (AvgIpc) is 2.43. The molecule has 0 spiro atoms. The summed E-state index contributed by atoms with van der Waals surface area (Å²) in [6.45, 7) is 4.45. The minimum Gasteiger partial charge on any atom is -0.497 e. The van der Waals surface area contributed by atoms with Gasteiger partial charge in [-0.25, -0.2) is 10.2 Å². The summed E-state index contributed by atoms with van der Waals surface area (Å²) in [5, 5.41) is 4.13. The third-order valence-electron chi connectivity index (χ3n) is 3.77. The van der Waals surface area contributed by atoms with E-state index >= 15 is 0 Å². The van der Waals surface area contributed by atoms with E-state index in [9.17, 15) is 4.79 Å². The van der Waals surface area contributed by atoms with Gasteiger partial charge in [0.25, 0.3) is 0 Å². The van der Waals surface area contributed by atoms with Crippen LogP contribution in [0.4, 0.5) is 4.79 Å². The summed E-state index contributed by atoms with van der Waals surface area (Å²) < 4.78 is 5.28. The number of nitrogens with two attached hydrogens (primary N) is 1. The number of rotatable bonds is 3. The van der Waals surface area contributed by atoms with Crippen LogP contribution in [0.2, 0.25) is 0 Å². The van der Waals surface area contributed by atoms with Gasteiger partial charge in [0.2, 0.25) is 0 Å². The Kier molecular flexibility index (Phi) is 4.27. The van der Waals surface area contributed by atoms with Crippen molar-refractivity contribution in [3.8, 4) is 5.75 Å². The Balaban J connectivity index is 2.44.